The summed E-state index contributed by atoms with van der Waals surface area (Å²) in [6.07, 6.45) is 0. The predicted octanol–water partition coefficient (Wildman–Crippen LogP) is 4.67. The van der Waals surface area contributed by atoms with Crippen LogP contribution in [0.1, 0.15) is 17.2 Å². The first-order valence-electron chi connectivity index (χ1n) is 8.88. The molecule has 0 aromatic heterocycles. The first-order valence-corrected chi connectivity index (χ1v) is 9.26. The maximum Gasteiger partial charge on any atom is 0.300 e. The minimum atomic E-state index is -0.836. The fourth-order valence-corrected chi connectivity index (χ4v) is 3.55. The van der Waals surface area contributed by atoms with Gasteiger partial charge in [-0.3, -0.25) is 14.5 Å². The van der Waals surface area contributed by atoms with E-state index in [-0.39, 0.29) is 17.1 Å². The Bertz CT molecular complexity index is 1110. The normalized spacial score (nSPS) is 18.2. The lowest BCUT2D eigenvalue weighted by molar-refractivity contribution is -0.132. The van der Waals surface area contributed by atoms with Crippen LogP contribution >= 0.6 is 11.6 Å². The van der Waals surface area contributed by atoms with Gasteiger partial charge in [0.05, 0.1) is 11.6 Å². The van der Waals surface area contributed by atoms with Crippen molar-refractivity contribution in [1.82, 2.24) is 0 Å². The van der Waals surface area contributed by atoms with Crippen molar-refractivity contribution >= 4 is 34.7 Å². The summed E-state index contributed by atoms with van der Waals surface area (Å²) in [6.45, 7) is 0. The number of phenolic OH excluding ortho intramolecular Hbond substituents is 1. The summed E-state index contributed by atoms with van der Waals surface area (Å²) in [5, 5.41) is 21.0. The van der Waals surface area contributed by atoms with Crippen molar-refractivity contribution in [3.8, 4) is 5.75 Å². The number of carbonyl (C=O) groups is 2. The van der Waals surface area contributed by atoms with E-state index in [1.54, 1.807) is 66.7 Å². The number of aromatic hydroxyl groups is 1. The highest BCUT2D eigenvalue weighted by atomic mass is 35.5. The van der Waals surface area contributed by atoms with E-state index in [1.807, 2.05) is 0 Å². The van der Waals surface area contributed by atoms with Gasteiger partial charge in [0.15, 0.2) is 0 Å². The predicted molar refractivity (Wildman–Crippen MR) is 111 cm³/mol. The molecule has 0 saturated carbocycles. The highest BCUT2D eigenvalue weighted by Gasteiger charge is 2.46. The molecule has 3 aromatic rings. The number of Topliss-reactive ketones (excluding diaryl/α,β-unsaturated/α-hetero) is 1. The number of hydrogen-bond acceptors (Lipinski definition) is 4. The molecule has 5 nitrogen and oxygen atoms in total. The summed E-state index contributed by atoms with van der Waals surface area (Å²) in [5.41, 5.74) is 1.49. The highest BCUT2D eigenvalue weighted by molar-refractivity contribution is 6.51. The number of ketones is 1. The third-order valence-electron chi connectivity index (χ3n) is 4.81. The number of benzene rings is 3. The lowest BCUT2D eigenvalue weighted by Crippen LogP contribution is -2.29. The number of anilines is 1. The molecule has 2 N–H and O–H groups in total. The summed E-state index contributed by atoms with van der Waals surface area (Å²) in [7, 11) is 0. The molecular weight excluding hydrogens is 390 g/mol. The van der Waals surface area contributed by atoms with Gasteiger partial charge in [0.25, 0.3) is 11.7 Å². The van der Waals surface area contributed by atoms with E-state index in [9.17, 15) is 19.8 Å². The number of hydrogen-bond donors (Lipinski definition) is 2. The second-order valence-electron chi connectivity index (χ2n) is 6.60. The summed E-state index contributed by atoms with van der Waals surface area (Å²) >= 11 is 6.00. The molecule has 1 atom stereocenters. The van der Waals surface area contributed by atoms with Crippen LogP contribution in [0.5, 0.6) is 5.75 Å². The quantitative estimate of drug-likeness (QED) is 0.377. The van der Waals surface area contributed by atoms with Crippen LogP contribution in [0.15, 0.2) is 84.4 Å². The molecule has 1 saturated heterocycles. The zero-order valence-electron chi connectivity index (χ0n) is 15.1. The Morgan fingerprint density at radius 1 is 0.862 bits per heavy atom. The highest BCUT2D eigenvalue weighted by Crippen LogP contribution is 2.42. The standard InChI is InChI=1S/C23H16ClNO4/c24-16-8-6-14(7-9-16)20-19(21(27)15-4-2-1-3-5-15)22(28)23(29)25(20)17-10-12-18(26)13-11-17/h1-13,20,26-27H. The summed E-state index contributed by atoms with van der Waals surface area (Å²) in [4.78, 5) is 27.2. The fraction of sp³-hybridized carbons (Fsp3) is 0.0435. The third-order valence-corrected chi connectivity index (χ3v) is 5.06. The number of halogens is 1. The Kier molecular flexibility index (Phi) is 4.82. The zero-order valence-corrected chi connectivity index (χ0v) is 15.9. The van der Waals surface area contributed by atoms with Crippen LogP contribution in [0.25, 0.3) is 5.76 Å². The number of aliphatic hydroxyl groups is 1. The van der Waals surface area contributed by atoms with E-state index in [4.69, 9.17) is 11.6 Å². The van der Waals surface area contributed by atoms with Crippen molar-refractivity contribution in [2.45, 2.75) is 6.04 Å². The van der Waals surface area contributed by atoms with E-state index in [1.165, 1.54) is 17.0 Å². The molecule has 0 aliphatic carbocycles. The average molecular weight is 406 g/mol. The van der Waals surface area contributed by atoms with Gasteiger partial charge in [-0.2, -0.15) is 0 Å². The first-order chi connectivity index (χ1) is 14.0. The van der Waals surface area contributed by atoms with Crippen molar-refractivity contribution in [2.75, 3.05) is 4.90 Å². The average Bonchev–Trinajstić information content (AvgIpc) is 3.00. The Morgan fingerprint density at radius 2 is 1.48 bits per heavy atom. The van der Waals surface area contributed by atoms with E-state index < -0.39 is 17.7 Å². The van der Waals surface area contributed by atoms with Crippen LogP contribution in [0.2, 0.25) is 5.02 Å². The van der Waals surface area contributed by atoms with Crippen molar-refractivity contribution < 1.29 is 19.8 Å². The van der Waals surface area contributed by atoms with Crippen LogP contribution in [-0.4, -0.2) is 21.9 Å². The number of nitrogens with zero attached hydrogens (tertiary/aromatic N) is 1. The van der Waals surface area contributed by atoms with Gasteiger partial charge >= 0.3 is 0 Å². The fourth-order valence-electron chi connectivity index (χ4n) is 3.42. The lowest BCUT2D eigenvalue weighted by atomic mass is 9.95. The van der Waals surface area contributed by atoms with Crippen LogP contribution in [0.4, 0.5) is 5.69 Å². The minimum Gasteiger partial charge on any atom is -0.508 e. The molecule has 1 aliphatic rings. The smallest absolute Gasteiger partial charge is 0.300 e. The monoisotopic (exact) mass is 405 g/mol. The number of carbonyl (C=O) groups excluding carboxylic acids is 2. The SMILES string of the molecule is O=C1C(=O)N(c2ccc(O)cc2)C(c2ccc(Cl)cc2)C1=C(O)c1ccccc1. The Labute approximate surface area is 172 Å². The molecule has 1 fully saturated rings. The van der Waals surface area contributed by atoms with Gasteiger partial charge in [-0.15, -0.1) is 0 Å². The Hall–Kier alpha value is -3.57. The third kappa shape index (κ3) is 3.37. The Morgan fingerprint density at radius 3 is 2.10 bits per heavy atom. The second kappa shape index (κ2) is 7.45. The van der Waals surface area contributed by atoms with E-state index in [0.29, 0.717) is 21.8 Å². The van der Waals surface area contributed by atoms with Crippen molar-refractivity contribution in [3.05, 3.63) is 101 Å². The van der Waals surface area contributed by atoms with Crippen LogP contribution in [0, 0.1) is 0 Å². The summed E-state index contributed by atoms with van der Waals surface area (Å²) in [6, 6.07) is 20.5. The molecular formula is C23H16ClNO4. The van der Waals surface area contributed by atoms with Crippen LogP contribution in [-0.2, 0) is 9.59 Å². The molecule has 0 spiro atoms. The van der Waals surface area contributed by atoms with Crippen molar-refractivity contribution in [2.24, 2.45) is 0 Å². The molecule has 144 valence electrons. The molecule has 0 bridgehead atoms. The van der Waals surface area contributed by atoms with Crippen molar-refractivity contribution in [1.29, 1.82) is 0 Å². The molecule has 1 aliphatic heterocycles. The molecule has 4 rings (SSSR count). The number of phenols is 1. The molecule has 29 heavy (non-hydrogen) atoms. The van der Waals surface area contributed by atoms with Gasteiger partial charge in [-0.05, 0) is 42.0 Å². The molecule has 1 heterocycles. The van der Waals surface area contributed by atoms with Crippen LogP contribution in [0.3, 0.4) is 0 Å². The topological polar surface area (TPSA) is 77.8 Å². The van der Waals surface area contributed by atoms with Gasteiger partial charge in [-0.1, -0.05) is 54.1 Å². The van der Waals surface area contributed by atoms with Gasteiger partial charge < -0.3 is 10.2 Å². The maximum atomic E-state index is 12.9. The molecule has 1 amide bonds. The first kappa shape index (κ1) is 18.8. The lowest BCUT2D eigenvalue weighted by Gasteiger charge is -2.25. The summed E-state index contributed by atoms with van der Waals surface area (Å²) in [5.74, 6) is -1.74. The van der Waals surface area contributed by atoms with Crippen molar-refractivity contribution in [3.63, 3.8) is 0 Å². The Balaban J connectivity index is 1.94. The number of amides is 1. The van der Waals surface area contributed by atoms with Gasteiger partial charge in [0.2, 0.25) is 0 Å². The summed E-state index contributed by atoms with van der Waals surface area (Å²) < 4.78 is 0. The van der Waals surface area contributed by atoms with Crippen LogP contribution < -0.4 is 4.90 Å². The minimum absolute atomic E-state index is 0.00315. The van der Waals surface area contributed by atoms with E-state index in [2.05, 4.69) is 0 Å². The van der Waals surface area contributed by atoms with Gasteiger partial charge in [0.1, 0.15) is 11.5 Å². The molecule has 0 radical (unpaired) electrons. The largest absolute Gasteiger partial charge is 0.508 e. The maximum absolute atomic E-state index is 12.9. The van der Waals surface area contributed by atoms with Gasteiger partial charge in [-0.25, -0.2) is 0 Å². The zero-order chi connectivity index (χ0) is 20.5. The number of aliphatic hydroxyl groups excluding tert-OH is 1. The molecule has 1 unspecified atom stereocenters. The van der Waals surface area contributed by atoms with E-state index in [0.717, 1.165) is 0 Å². The van der Waals surface area contributed by atoms with Gasteiger partial charge in [0, 0.05) is 16.3 Å². The number of rotatable bonds is 3. The van der Waals surface area contributed by atoms with E-state index >= 15 is 0 Å². The second-order valence-corrected chi connectivity index (χ2v) is 7.04. The molecule has 3 aromatic carbocycles. The molecule has 6 heteroatoms.